The SMILES string of the molecule is COc1ccc(/C=C2\c3ccccc3-c3nc4ccccc4cc32)cc1. The number of hydrogen-bond acceptors (Lipinski definition) is 2. The highest BCUT2D eigenvalue weighted by Crippen LogP contribution is 2.44. The normalized spacial score (nSPS) is 13.7. The van der Waals surface area contributed by atoms with Crippen LogP contribution in [0.2, 0.25) is 0 Å². The van der Waals surface area contributed by atoms with Gasteiger partial charge in [-0.1, -0.05) is 54.6 Å². The van der Waals surface area contributed by atoms with Gasteiger partial charge >= 0.3 is 0 Å². The molecule has 1 aliphatic carbocycles. The van der Waals surface area contributed by atoms with Gasteiger partial charge in [0, 0.05) is 16.5 Å². The summed E-state index contributed by atoms with van der Waals surface area (Å²) in [6.07, 6.45) is 2.24. The summed E-state index contributed by atoms with van der Waals surface area (Å²) in [5, 5.41) is 1.17. The van der Waals surface area contributed by atoms with Gasteiger partial charge in [0.2, 0.25) is 0 Å². The lowest BCUT2D eigenvalue weighted by Crippen LogP contribution is -1.87. The largest absolute Gasteiger partial charge is 0.497 e. The van der Waals surface area contributed by atoms with Crippen LogP contribution >= 0.6 is 0 Å². The number of benzene rings is 3. The molecule has 1 heterocycles. The Balaban J connectivity index is 1.75. The van der Waals surface area contributed by atoms with Gasteiger partial charge in [-0.3, -0.25) is 0 Å². The highest BCUT2D eigenvalue weighted by molar-refractivity contribution is 6.07. The molecule has 0 amide bonds. The molecule has 0 saturated heterocycles. The zero-order chi connectivity index (χ0) is 17.5. The number of fused-ring (bicyclic) bond motifs is 4. The van der Waals surface area contributed by atoms with Crippen LogP contribution in [-0.2, 0) is 0 Å². The maximum Gasteiger partial charge on any atom is 0.118 e. The molecule has 5 rings (SSSR count). The van der Waals surface area contributed by atoms with Crippen LogP contribution in [0.15, 0.2) is 78.9 Å². The molecule has 1 aliphatic rings. The zero-order valence-electron chi connectivity index (χ0n) is 14.4. The van der Waals surface area contributed by atoms with E-state index in [4.69, 9.17) is 9.72 Å². The lowest BCUT2D eigenvalue weighted by molar-refractivity contribution is 0.415. The summed E-state index contributed by atoms with van der Waals surface area (Å²) in [6, 6.07) is 27.2. The standard InChI is InChI=1S/C24H17NO/c1-26-18-12-10-16(11-13-18)14-21-19-7-3-4-8-20(19)24-22(21)15-17-6-2-5-9-23(17)25-24/h2-15H,1H3/b21-14+. The molecule has 124 valence electrons. The van der Waals surface area contributed by atoms with Gasteiger partial charge in [-0.05, 0) is 47.0 Å². The average molecular weight is 335 g/mol. The van der Waals surface area contributed by atoms with E-state index >= 15 is 0 Å². The van der Waals surface area contributed by atoms with E-state index in [-0.39, 0.29) is 0 Å². The third-order valence-corrected chi connectivity index (χ3v) is 4.91. The number of para-hydroxylation sites is 1. The lowest BCUT2D eigenvalue weighted by atomic mass is 10.0. The number of pyridine rings is 1. The molecule has 2 heteroatoms. The number of rotatable bonds is 2. The molecule has 0 spiro atoms. The van der Waals surface area contributed by atoms with Gasteiger partial charge in [0.15, 0.2) is 0 Å². The minimum Gasteiger partial charge on any atom is -0.497 e. The third kappa shape index (κ3) is 2.31. The molecule has 0 N–H and O–H groups in total. The van der Waals surface area contributed by atoms with Gasteiger partial charge in [0.1, 0.15) is 5.75 Å². The highest BCUT2D eigenvalue weighted by Gasteiger charge is 2.24. The van der Waals surface area contributed by atoms with Crippen molar-refractivity contribution in [2.24, 2.45) is 0 Å². The van der Waals surface area contributed by atoms with Crippen molar-refractivity contribution >= 4 is 22.6 Å². The Kier molecular flexibility index (Phi) is 3.36. The van der Waals surface area contributed by atoms with Crippen LogP contribution in [-0.4, -0.2) is 12.1 Å². The monoisotopic (exact) mass is 335 g/mol. The van der Waals surface area contributed by atoms with Crippen LogP contribution in [0.25, 0.3) is 33.8 Å². The predicted octanol–water partition coefficient (Wildman–Crippen LogP) is 5.81. The molecule has 26 heavy (non-hydrogen) atoms. The first kappa shape index (κ1) is 14.9. The molecule has 1 aromatic heterocycles. The Hall–Kier alpha value is -3.39. The van der Waals surface area contributed by atoms with Crippen LogP contribution in [0.4, 0.5) is 0 Å². The molecular formula is C24H17NO. The summed E-state index contributed by atoms with van der Waals surface area (Å²) in [4.78, 5) is 4.96. The second-order valence-electron chi connectivity index (χ2n) is 6.45. The Morgan fingerprint density at radius 1 is 0.769 bits per heavy atom. The van der Waals surface area contributed by atoms with Crippen molar-refractivity contribution in [3.8, 4) is 17.0 Å². The third-order valence-electron chi connectivity index (χ3n) is 4.91. The maximum atomic E-state index is 5.27. The number of ether oxygens (including phenoxy) is 1. The molecular weight excluding hydrogens is 318 g/mol. The van der Waals surface area contributed by atoms with Crippen molar-refractivity contribution in [1.82, 2.24) is 4.98 Å². The molecule has 0 unspecified atom stereocenters. The summed E-state index contributed by atoms with van der Waals surface area (Å²) in [7, 11) is 1.69. The van der Waals surface area contributed by atoms with Gasteiger partial charge in [-0.15, -0.1) is 0 Å². The first-order chi connectivity index (χ1) is 12.8. The highest BCUT2D eigenvalue weighted by atomic mass is 16.5. The number of aromatic nitrogens is 1. The molecule has 0 bridgehead atoms. The van der Waals surface area contributed by atoms with E-state index in [0.717, 1.165) is 22.5 Å². The fourth-order valence-electron chi connectivity index (χ4n) is 3.62. The van der Waals surface area contributed by atoms with E-state index in [2.05, 4.69) is 66.7 Å². The molecule has 0 aliphatic heterocycles. The molecule has 0 fully saturated rings. The molecule has 0 saturated carbocycles. The number of hydrogen-bond donors (Lipinski definition) is 0. The molecule has 2 nitrogen and oxygen atoms in total. The topological polar surface area (TPSA) is 22.1 Å². The Labute approximate surface area is 152 Å². The van der Waals surface area contributed by atoms with Crippen LogP contribution in [0.1, 0.15) is 16.7 Å². The van der Waals surface area contributed by atoms with Gasteiger partial charge in [-0.2, -0.15) is 0 Å². The maximum absolute atomic E-state index is 5.27. The molecule has 0 atom stereocenters. The first-order valence-electron chi connectivity index (χ1n) is 8.69. The van der Waals surface area contributed by atoms with E-state index in [1.807, 2.05) is 18.2 Å². The van der Waals surface area contributed by atoms with Crippen molar-refractivity contribution in [2.45, 2.75) is 0 Å². The summed E-state index contributed by atoms with van der Waals surface area (Å²) in [6.45, 7) is 0. The Morgan fingerprint density at radius 3 is 2.31 bits per heavy atom. The summed E-state index contributed by atoms with van der Waals surface area (Å²) < 4.78 is 5.27. The van der Waals surface area contributed by atoms with E-state index in [0.29, 0.717) is 0 Å². The van der Waals surface area contributed by atoms with Crippen molar-refractivity contribution in [3.05, 3.63) is 95.6 Å². The van der Waals surface area contributed by atoms with Gasteiger partial charge in [-0.25, -0.2) is 4.98 Å². The first-order valence-corrected chi connectivity index (χ1v) is 8.69. The summed E-state index contributed by atoms with van der Waals surface area (Å²) >= 11 is 0. The van der Waals surface area contributed by atoms with Gasteiger partial charge in [0.05, 0.1) is 18.3 Å². The quantitative estimate of drug-likeness (QED) is 0.406. The van der Waals surface area contributed by atoms with E-state index in [1.165, 1.54) is 27.6 Å². The van der Waals surface area contributed by atoms with Crippen molar-refractivity contribution in [2.75, 3.05) is 7.11 Å². The molecule has 4 aromatic rings. The summed E-state index contributed by atoms with van der Waals surface area (Å²) in [5.41, 5.74) is 8.11. The summed E-state index contributed by atoms with van der Waals surface area (Å²) in [5.74, 6) is 0.868. The van der Waals surface area contributed by atoms with E-state index in [1.54, 1.807) is 7.11 Å². The van der Waals surface area contributed by atoms with E-state index < -0.39 is 0 Å². The van der Waals surface area contributed by atoms with Crippen molar-refractivity contribution in [3.63, 3.8) is 0 Å². The average Bonchev–Trinajstić information content (AvgIpc) is 3.00. The minimum atomic E-state index is 0.868. The molecule has 3 aromatic carbocycles. The van der Waals surface area contributed by atoms with Crippen molar-refractivity contribution in [1.29, 1.82) is 0 Å². The fraction of sp³-hybridized carbons (Fsp3) is 0.0417. The van der Waals surface area contributed by atoms with Crippen LogP contribution in [0, 0.1) is 0 Å². The number of nitrogens with zero attached hydrogens (tertiary/aromatic N) is 1. The van der Waals surface area contributed by atoms with E-state index in [9.17, 15) is 0 Å². The Bertz CT molecular complexity index is 1160. The lowest BCUT2D eigenvalue weighted by Gasteiger charge is -2.05. The van der Waals surface area contributed by atoms with Crippen LogP contribution in [0.5, 0.6) is 5.75 Å². The Morgan fingerprint density at radius 2 is 1.50 bits per heavy atom. The van der Waals surface area contributed by atoms with Crippen molar-refractivity contribution < 1.29 is 4.74 Å². The van der Waals surface area contributed by atoms with Crippen LogP contribution in [0.3, 0.4) is 0 Å². The second kappa shape index (κ2) is 5.85. The number of methoxy groups -OCH3 is 1. The zero-order valence-corrected chi connectivity index (χ0v) is 14.4. The van der Waals surface area contributed by atoms with Crippen LogP contribution < -0.4 is 4.74 Å². The van der Waals surface area contributed by atoms with Gasteiger partial charge < -0.3 is 4.74 Å². The molecule has 0 radical (unpaired) electrons. The predicted molar refractivity (Wildman–Crippen MR) is 107 cm³/mol. The van der Waals surface area contributed by atoms with Gasteiger partial charge in [0.25, 0.3) is 0 Å². The smallest absolute Gasteiger partial charge is 0.118 e. The fourth-order valence-corrected chi connectivity index (χ4v) is 3.62. The minimum absolute atomic E-state index is 0.868. The second-order valence-corrected chi connectivity index (χ2v) is 6.45.